The van der Waals surface area contributed by atoms with Crippen molar-refractivity contribution in [1.29, 1.82) is 0 Å². The van der Waals surface area contributed by atoms with E-state index in [1.165, 1.54) is 30.6 Å². The van der Waals surface area contributed by atoms with E-state index < -0.39 is 10.9 Å². The molecule has 1 aliphatic heterocycles. The van der Waals surface area contributed by atoms with Crippen LogP contribution in [0.3, 0.4) is 0 Å². The minimum atomic E-state index is -1.10. The summed E-state index contributed by atoms with van der Waals surface area (Å²) in [5, 5.41) is 34.4. The Kier molecular flexibility index (Phi) is 8.67. The van der Waals surface area contributed by atoms with E-state index in [4.69, 9.17) is 4.74 Å². The Bertz CT molecular complexity index is 521. The van der Waals surface area contributed by atoms with E-state index in [9.17, 15) is 10.3 Å². The molecule has 1 aromatic heterocycles. The Morgan fingerprint density at radius 1 is 1.36 bits per heavy atom. The number of unbranched alkanes of at least 4 members (excludes halogenated alkanes) is 3. The number of nitrogens with zero attached hydrogens (tertiary/aromatic N) is 4. The van der Waals surface area contributed by atoms with Crippen molar-refractivity contribution in [2.24, 2.45) is 0 Å². The Morgan fingerprint density at radius 3 is 2.84 bits per heavy atom. The zero-order chi connectivity index (χ0) is 18.3. The highest BCUT2D eigenvalue weighted by Crippen LogP contribution is 2.36. The highest BCUT2D eigenvalue weighted by molar-refractivity contribution is 9.09. The van der Waals surface area contributed by atoms with Gasteiger partial charge in [0, 0.05) is 25.4 Å². The van der Waals surface area contributed by atoms with Gasteiger partial charge in [-0.2, -0.15) is 0 Å². The first-order valence-electron chi connectivity index (χ1n) is 8.95. The molecule has 0 aromatic carbocycles. The van der Waals surface area contributed by atoms with Crippen molar-refractivity contribution >= 4 is 32.4 Å². The predicted molar refractivity (Wildman–Crippen MR) is 105 cm³/mol. The van der Waals surface area contributed by atoms with Gasteiger partial charge in [-0.15, -0.1) is 5.10 Å². The molecule has 1 N–H and O–H groups in total. The highest BCUT2D eigenvalue weighted by atomic mass is 79.9. The van der Waals surface area contributed by atoms with Crippen LogP contribution in [0, 0.1) is 5.21 Å². The van der Waals surface area contributed by atoms with Crippen molar-refractivity contribution in [3.8, 4) is 0 Å². The molecule has 1 aliphatic rings. The fourth-order valence-corrected chi connectivity index (χ4v) is 4.35. The second-order valence-corrected chi connectivity index (χ2v) is 8.35. The van der Waals surface area contributed by atoms with Crippen molar-refractivity contribution in [2.75, 3.05) is 32.3 Å². The van der Waals surface area contributed by atoms with Crippen LogP contribution in [0.1, 0.15) is 44.0 Å². The molecule has 2 heterocycles. The van der Waals surface area contributed by atoms with Gasteiger partial charge < -0.3 is 15.1 Å². The van der Waals surface area contributed by atoms with Gasteiger partial charge in [0.25, 0.3) is 0 Å². The molecule has 0 aliphatic carbocycles. The van der Waals surface area contributed by atoms with Crippen LogP contribution < -0.4 is 4.65 Å². The summed E-state index contributed by atoms with van der Waals surface area (Å²) in [4.78, 5) is 2.00. The van der Waals surface area contributed by atoms with Crippen LogP contribution in [-0.2, 0) is 11.2 Å². The number of hydroxylamine groups is 2. The van der Waals surface area contributed by atoms with Crippen LogP contribution in [-0.4, -0.2) is 64.7 Å². The molecule has 2 rings (SSSR count). The number of aromatic nitrogens is 2. The molecule has 0 spiro atoms. The maximum absolute atomic E-state index is 13.4. The van der Waals surface area contributed by atoms with Crippen LogP contribution in [0.15, 0.2) is 0 Å². The molecule has 7 nitrogen and oxygen atoms in total. The van der Waals surface area contributed by atoms with Gasteiger partial charge in [-0.05, 0) is 24.2 Å². The standard InChI is InChI=1S/C16H29BrN4O3S/c1-3-4-5-6-8-14-18-19-16(25-14)21(23)12-20(10-7-9-17)13(11-24-2)15(21)22/h13,15,22H,3-12H2,1-2H3. The summed E-state index contributed by atoms with van der Waals surface area (Å²) in [5.41, 5.74) is 0. The summed E-state index contributed by atoms with van der Waals surface area (Å²) in [5.74, 6) is 0. The van der Waals surface area contributed by atoms with E-state index in [-0.39, 0.29) is 12.7 Å². The van der Waals surface area contributed by atoms with Crippen LogP contribution in [0.25, 0.3) is 0 Å². The quantitative estimate of drug-likeness (QED) is 0.248. The van der Waals surface area contributed by atoms with E-state index in [1.807, 2.05) is 4.90 Å². The first-order valence-corrected chi connectivity index (χ1v) is 10.9. The van der Waals surface area contributed by atoms with Crippen molar-refractivity contribution in [1.82, 2.24) is 19.7 Å². The third-order valence-corrected chi connectivity index (χ3v) is 6.23. The molecule has 0 radical (unpaired) electrons. The average molecular weight is 437 g/mol. The third-order valence-electron chi connectivity index (χ3n) is 4.57. The summed E-state index contributed by atoms with van der Waals surface area (Å²) in [6.45, 7) is 3.43. The van der Waals surface area contributed by atoms with Crippen molar-refractivity contribution in [3.63, 3.8) is 0 Å². The number of ether oxygens (including phenoxy) is 1. The molecule has 1 saturated heterocycles. The molecule has 144 valence electrons. The molecule has 0 bridgehead atoms. The number of aryl methyl sites for hydroxylation is 1. The van der Waals surface area contributed by atoms with E-state index in [1.54, 1.807) is 7.11 Å². The van der Waals surface area contributed by atoms with Crippen molar-refractivity contribution < 1.29 is 9.84 Å². The molecule has 25 heavy (non-hydrogen) atoms. The zero-order valence-corrected chi connectivity index (χ0v) is 17.5. The van der Waals surface area contributed by atoms with Gasteiger partial charge in [-0.1, -0.05) is 47.2 Å². The first kappa shape index (κ1) is 21.1. The lowest BCUT2D eigenvalue weighted by Crippen LogP contribution is -2.51. The predicted octanol–water partition coefficient (Wildman–Crippen LogP) is 2.86. The fraction of sp³-hybridized carbons (Fsp3) is 0.875. The van der Waals surface area contributed by atoms with Gasteiger partial charge in [0.05, 0.1) is 6.61 Å². The van der Waals surface area contributed by atoms with Gasteiger partial charge in [0.2, 0.25) is 6.23 Å². The Hall–Kier alpha value is -0.160. The maximum atomic E-state index is 13.4. The Balaban J connectivity index is 2.07. The maximum Gasteiger partial charge on any atom is 0.309 e. The van der Waals surface area contributed by atoms with Gasteiger partial charge in [-0.25, -0.2) is 4.90 Å². The van der Waals surface area contributed by atoms with Gasteiger partial charge in [-0.3, -0.25) is 4.65 Å². The SMILES string of the molecule is CCCCCCc1nnc([N+]2([O-])CN(CCCBr)C(COC)C2O)s1. The summed E-state index contributed by atoms with van der Waals surface area (Å²) in [7, 11) is 1.59. The lowest BCUT2D eigenvalue weighted by molar-refractivity contribution is 0.0193. The number of rotatable bonds is 11. The lowest BCUT2D eigenvalue weighted by atomic mass is 10.2. The Morgan fingerprint density at radius 2 is 2.16 bits per heavy atom. The number of quaternary nitrogens is 1. The van der Waals surface area contributed by atoms with Crippen LogP contribution in [0.5, 0.6) is 0 Å². The average Bonchev–Trinajstić information content (AvgIpc) is 3.17. The molecule has 3 atom stereocenters. The number of alkyl halides is 1. The second-order valence-electron chi connectivity index (χ2n) is 6.52. The minimum Gasteiger partial charge on any atom is -0.623 e. The van der Waals surface area contributed by atoms with Crippen LogP contribution in [0.4, 0.5) is 5.13 Å². The molecule has 0 saturated carbocycles. The summed E-state index contributed by atoms with van der Waals surface area (Å²) < 4.78 is 4.38. The van der Waals surface area contributed by atoms with Crippen LogP contribution in [0.2, 0.25) is 0 Å². The van der Waals surface area contributed by atoms with Gasteiger partial charge in [0.15, 0.2) is 0 Å². The summed E-state index contributed by atoms with van der Waals surface area (Å²) in [6, 6.07) is -0.321. The number of hydrogen-bond donors (Lipinski definition) is 1. The molecule has 3 unspecified atom stereocenters. The normalized spacial score (nSPS) is 27.2. The summed E-state index contributed by atoms with van der Waals surface area (Å²) >= 11 is 4.76. The van der Waals surface area contributed by atoms with Crippen molar-refractivity contribution in [3.05, 3.63) is 10.2 Å². The first-order chi connectivity index (χ1) is 12.1. The molecular formula is C16H29BrN4O3S. The smallest absolute Gasteiger partial charge is 0.309 e. The van der Waals surface area contributed by atoms with E-state index >= 15 is 0 Å². The molecule has 1 aromatic rings. The number of methoxy groups -OCH3 is 1. The number of halogens is 1. The highest BCUT2D eigenvalue weighted by Gasteiger charge is 2.50. The molecule has 1 fully saturated rings. The summed E-state index contributed by atoms with van der Waals surface area (Å²) in [6.07, 6.45) is 5.30. The third kappa shape index (κ3) is 5.18. The van der Waals surface area contributed by atoms with Crippen LogP contribution >= 0.6 is 27.3 Å². The molecule has 0 amide bonds. The van der Waals surface area contributed by atoms with Gasteiger partial charge >= 0.3 is 5.13 Å². The van der Waals surface area contributed by atoms with E-state index in [2.05, 4.69) is 33.1 Å². The van der Waals surface area contributed by atoms with Gasteiger partial charge in [0.1, 0.15) is 17.7 Å². The largest absolute Gasteiger partial charge is 0.623 e. The van der Waals surface area contributed by atoms with E-state index in [0.717, 1.165) is 36.1 Å². The number of hydrogen-bond acceptors (Lipinski definition) is 7. The topological polar surface area (TPSA) is 81.5 Å². The molecule has 9 heteroatoms. The molecular weight excluding hydrogens is 408 g/mol. The monoisotopic (exact) mass is 436 g/mol. The fourth-order valence-electron chi connectivity index (χ4n) is 3.16. The lowest BCUT2D eigenvalue weighted by Gasteiger charge is -2.37. The Labute approximate surface area is 162 Å². The number of aliphatic hydroxyl groups is 1. The number of aliphatic hydroxyl groups excluding tert-OH is 1. The zero-order valence-electron chi connectivity index (χ0n) is 15.1. The van der Waals surface area contributed by atoms with E-state index in [0.29, 0.717) is 11.7 Å². The van der Waals surface area contributed by atoms with Crippen molar-refractivity contribution in [2.45, 2.75) is 57.7 Å². The second kappa shape index (κ2) is 10.2. The minimum absolute atomic E-state index is 0.187.